The van der Waals surface area contributed by atoms with Gasteiger partial charge in [-0.1, -0.05) is 329 Å². The van der Waals surface area contributed by atoms with Crippen LogP contribution in [-0.4, -0.2) is 5.57 Å². The molecule has 0 nitrogen and oxygen atoms in total. The fraction of sp³-hybridized carbons (Fsp3) is 1.00. The zero-order valence-electron chi connectivity index (χ0n) is 39.9. The molecule has 0 saturated heterocycles. The number of hydrogen-bond donors (Lipinski definition) is 0. The molecule has 0 saturated carbocycles. The van der Waals surface area contributed by atoms with Crippen LogP contribution in [0, 0.1) is 0 Å². The van der Waals surface area contributed by atoms with Crippen LogP contribution in [0.15, 0.2) is 0 Å². The van der Waals surface area contributed by atoms with E-state index in [0.717, 1.165) is 0 Å². The van der Waals surface area contributed by atoms with E-state index < -0.39 is 5.57 Å². The predicted molar refractivity (Wildman–Crippen MR) is 273 cm³/mol. The van der Waals surface area contributed by atoms with E-state index in [1.807, 2.05) is 0 Å². The molecular formula is C54H111ISi. The highest BCUT2D eigenvalue weighted by Gasteiger charge is 2.28. The smallest absolute Gasteiger partial charge is 0.119 e. The lowest BCUT2D eigenvalue weighted by atomic mass is 10.0. The first-order chi connectivity index (χ1) is 27.7. The highest BCUT2D eigenvalue weighted by molar-refractivity contribution is 14.1. The summed E-state index contributed by atoms with van der Waals surface area (Å²) in [6.07, 6.45) is 71.4. The first-order valence-corrected chi connectivity index (χ1v) is 33.1. The molecule has 0 rings (SSSR count). The molecule has 0 radical (unpaired) electrons. The first-order valence-electron chi connectivity index (χ1n) is 27.4. The Labute approximate surface area is 372 Å². The molecule has 2 heteroatoms. The lowest BCUT2D eigenvalue weighted by Gasteiger charge is -2.25. The summed E-state index contributed by atoms with van der Waals surface area (Å²) in [6.45, 7) is 6.97. The minimum absolute atomic E-state index is 1.10. The second kappa shape index (κ2) is 50.3. The van der Waals surface area contributed by atoms with E-state index in [2.05, 4.69) is 42.6 Å². The van der Waals surface area contributed by atoms with E-state index in [1.54, 1.807) is 37.4 Å². The fourth-order valence-electron chi connectivity index (χ4n) is 9.34. The van der Waals surface area contributed by atoms with Crippen LogP contribution in [0.25, 0.3) is 0 Å². The van der Waals surface area contributed by atoms with E-state index in [1.165, 1.54) is 289 Å². The second-order valence-electron chi connectivity index (χ2n) is 19.3. The summed E-state index contributed by atoms with van der Waals surface area (Å²) in [6, 6.07) is 4.89. The molecular weight excluding hydrogens is 804 g/mol. The minimum Gasteiger partial charge on any atom is -0.119 e. The van der Waals surface area contributed by atoms with Gasteiger partial charge in [0.05, 0.1) is 0 Å². The van der Waals surface area contributed by atoms with Crippen LogP contribution in [0.4, 0.5) is 0 Å². The second-order valence-corrected chi connectivity index (χ2v) is 30.0. The van der Waals surface area contributed by atoms with Crippen molar-refractivity contribution in [1.29, 1.82) is 0 Å². The van der Waals surface area contributed by atoms with Gasteiger partial charge < -0.3 is 0 Å². The molecule has 0 amide bonds. The Morgan fingerprint density at radius 2 is 0.286 bits per heavy atom. The predicted octanol–water partition coefficient (Wildman–Crippen LogP) is 22.2. The van der Waals surface area contributed by atoms with Crippen molar-refractivity contribution in [2.24, 2.45) is 0 Å². The van der Waals surface area contributed by atoms with Crippen molar-refractivity contribution < 1.29 is 0 Å². The zero-order chi connectivity index (χ0) is 40.6. The van der Waals surface area contributed by atoms with Crippen LogP contribution in [0.3, 0.4) is 0 Å². The molecule has 0 fully saturated rings. The molecule has 0 aliphatic rings. The molecule has 0 aromatic rings. The van der Waals surface area contributed by atoms with Crippen molar-refractivity contribution >= 4 is 27.4 Å². The Kier molecular flexibility index (Phi) is 51.2. The van der Waals surface area contributed by atoms with Crippen molar-refractivity contribution in [2.45, 2.75) is 347 Å². The Balaban J connectivity index is 4.08. The largest absolute Gasteiger partial charge is 0.125 e. The van der Waals surface area contributed by atoms with Crippen LogP contribution < -0.4 is 0 Å². The standard InChI is InChI=1S/C54H111ISi/c1-4-7-10-13-16-19-22-25-28-31-34-37-40-43-46-49-52-56(55,53-50-47-44-41-38-35-32-29-26-23-20-17-14-11-8-5-2)54-51-48-45-42-39-36-33-30-27-24-21-18-15-12-9-6-3/h4-54H2,1-3H3. The van der Waals surface area contributed by atoms with Gasteiger partial charge in [-0.2, -0.15) is 0 Å². The molecule has 338 valence electrons. The Bertz CT molecular complexity index is 589. The van der Waals surface area contributed by atoms with Crippen molar-refractivity contribution in [3.8, 4) is 0 Å². The summed E-state index contributed by atoms with van der Waals surface area (Å²) < 4.78 is 0. The quantitative estimate of drug-likeness (QED) is 0.0247. The summed E-state index contributed by atoms with van der Waals surface area (Å²) in [7, 11) is 0. The van der Waals surface area contributed by atoms with Crippen molar-refractivity contribution in [1.82, 2.24) is 0 Å². The van der Waals surface area contributed by atoms with Crippen molar-refractivity contribution in [3.63, 3.8) is 0 Å². The Hall–Kier alpha value is 0.947. The summed E-state index contributed by atoms with van der Waals surface area (Å²) in [5.74, 6) is 0. The van der Waals surface area contributed by atoms with Crippen LogP contribution >= 0.6 is 21.8 Å². The SMILES string of the molecule is CCCCCCCCCCCCCCCCCC[Si](I)(CCCCCCCCCCCCCCCCCC)CCCCCCCCCCCCCCCCCC. The third kappa shape index (κ3) is 47.6. The molecule has 0 unspecified atom stereocenters. The molecule has 0 aliphatic heterocycles. The molecule has 0 heterocycles. The normalized spacial score (nSPS) is 12.0. The maximum atomic E-state index is 3.12. The third-order valence-electron chi connectivity index (χ3n) is 13.4. The number of rotatable bonds is 51. The Morgan fingerprint density at radius 1 is 0.179 bits per heavy atom. The zero-order valence-corrected chi connectivity index (χ0v) is 43.1. The van der Waals surface area contributed by atoms with E-state index in [-0.39, 0.29) is 0 Å². The lowest BCUT2D eigenvalue weighted by molar-refractivity contribution is 0.530. The summed E-state index contributed by atoms with van der Waals surface area (Å²) >= 11 is 3.12. The molecule has 0 aromatic carbocycles. The molecule has 0 atom stereocenters. The monoisotopic (exact) mass is 915 g/mol. The van der Waals surface area contributed by atoms with E-state index in [0.29, 0.717) is 0 Å². The van der Waals surface area contributed by atoms with Gasteiger partial charge in [0.15, 0.2) is 0 Å². The number of unbranched alkanes of at least 4 members (excludes halogenated alkanes) is 45. The Morgan fingerprint density at radius 3 is 0.411 bits per heavy atom. The molecule has 56 heavy (non-hydrogen) atoms. The van der Waals surface area contributed by atoms with Crippen molar-refractivity contribution in [3.05, 3.63) is 0 Å². The molecule has 0 spiro atoms. The molecule has 0 bridgehead atoms. The van der Waals surface area contributed by atoms with Gasteiger partial charge in [-0.25, -0.2) is 0 Å². The van der Waals surface area contributed by atoms with Gasteiger partial charge in [-0.05, 0) is 18.1 Å². The fourth-order valence-corrected chi connectivity index (χ4v) is 16.2. The maximum absolute atomic E-state index is 3.12. The van der Waals surface area contributed by atoms with Crippen molar-refractivity contribution in [2.75, 3.05) is 0 Å². The van der Waals surface area contributed by atoms with Crippen LogP contribution in [0.2, 0.25) is 18.1 Å². The van der Waals surface area contributed by atoms with Crippen LogP contribution in [0.5, 0.6) is 0 Å². The highest BCUT2D eigenvalue weighted by atomic mass is 127. The van der Waals surface area contributed by atoms with Gasteiger partial charge in [-0.3, -0.25) is 0 Å². The van der Waals surface area contributed by atoms with E-state index in [9.17, 15) is 0 Å². The first kappa shape index (κ1) is 56.9. The molecule has 0 aliphatic carbocycles. The van der Waals surface area contributed by atoms with Gasteiger partial charge in [0.1, 0.15) is 5.57 Å². The van der Waals surface area contributed by atoms with Gasteiger partial charge in [-0.15, -0.1) is 21.8 Å². The summed E-state index contributed by atoms with van der Waals surface area (Å²) in [5.41, 5.74) is -1.10. The van der Waals surface area contributed by atoms with Gasteiger partial charge in [0.2, 0.25) is 0 Å². The number of hydrogen-bond acceptors (Lipinski definition) is 0. The lowest BCUT2D eigenvalue weighted by Crippen LogP contribution is -2.25. The van der Waals surface area contributed by atoms with Crippen LogP contribution in [-0.2, 0) is 0 Å². The van der Waals surface area contributed by atoms with Gasteiger partial charge >= 0.3 is 0 Å². The highest BCUT2D eigenvalue weighted by Crippen LogP contribution is 2.35. The third-order valence-corrected chi connectivity index (χ3v) is 22.0. The topological polar surface area (TPSA) is 0 Å². The average molecular weight is 915 g/mol. The van der Waals surface area contributed by atoms with E-state index in [4.69, 9.17) is 0 Å². The molecule has 0 N–H and O–H groups in total. The maximum Gasteiger partial charge on any atom is 0.125 e. The average Bonchev–Trinajstić information content (AvgIpc) is 3.20. The minimum atomic E-state index is -1.10. The molecule has 0 aromatic heterocycles. The van der Waals surface area contributed by atoms with Gasteiger partial charge in [0, 0.05) is 0 Å². The number of halogens is 1. The van der Waals surface area contributed by atoms with Crippen LogP contribution in [0.1, 0.15) is 329 Å². The van der Waals surface area contributed by atoms with Gasteiger partial charge in [0.25, 0.3) is 0 Å². The summed E-state index contributed by atoms with van der Waals surface area (Å²) in [4.78, 5) is 0. The summed E-state index contributed by atoms with van der Waals surface area (Å²) in [5, 5.41) is 0. The van der Waals surface area contributed by atoms with E-state index >= 15 is 0 Å².